The summed E-state index contributed by atoms with van der Waals surface area (Å²) in [5.74, 6) is -2.05. The van der Waals surface area contributed by atoms with Gasteiger partial charge in [-0.25, -0.2) is 13.8 Å². The number of anilines is 1. The van der Waals surface area contributed by atoms with Crippen LogP contribution in [0, 0.1) is 11.6 Å². The fourth-order valence-corrected chi connectivity index (χ4v) is 3.93. The summed E-state index contributed by atoms with van der Waals surface area (Å²) in [6, 6.07) is 4.54. The van der Waals surface area contributed by atoms with E-state index >= 15 is 0 Å². The molecule has 0 saturated heterocycles. The van der Waals surface area contributed by atoms with Gasteiger partial charge in [0, 0.05) is 13.2 Å². The Hall–Kier alpha value is -2.30. The minimum Gasteiger partial charge on any atom is -0.383 e. The lowest BCUT2D eigenvalue weighted by molar-refractivity contribution is -0.113. The second kappa shape index (κ2) is 8.59. The summed E-state index contributed by atoms with van der Waals surface area (Å²) in [6.07, 6.45) is 0. The molecule has 0 atom stereocenters. The van der Waals surface area contributed by atoms with Gasteiger partial charge in [0.2, 0.25) is 5.91 Å². The Morgan fingerprint density at radius 2 is 2.19 bits per heavy atom. The molecule has 2 heterocycles. The maximum atomic E-state index is 13.6. The molecule has 3 aromatic rings. The molecule has 2 aromatic heterocycles. The smallest absolute Gasteiger partial charge is 0.272 e. The SMILES string of the molecule is COCCn1c(SCC(=O)Nc2cc(F)ccc2F)nc2ccsc2c1=O. The fraction of sp³-hybridized carbons (Fsp3) is 0.235. The zero-order valence-corrected chi connectivity index (χ0v) is 15.8. The number of thioether (sulfide) groups is 1. The van der Waals surface area contributed by atoms with Crippen LogP contribution in [-0.2, 0) is 16.1 Å². The van der Waals surface area contributed by atoms with Crippen molar-refractivity contribution in [3.63, 3.8) is 0 Å². The molecule has 0 fully saturated rings. The fourth-order valence-electron chi connectivity index (χ4n) is 2.32. The first-order valence-electron chi connectivity index (χ1n) is 7.84. The second-order valence-corrected chi connectivity index (χ2v) is 7.30. The van der Waals surface area contributed by atoms with E-state index in [1.807, 2.05) is 0 Å². The summed E-state index contributed by atoms with van der Waals surface area (Å²) in [5.41, 5.74) is 0.113. The molecule has 142 valence electrons. The number of ether oxygens (including phenoxy) is 1. The van der Waals surface area contributed by atoms with Gasteiger partial charge in [-0.2, -0.15) is 0 Å². The Kier molecular flexibility index (Phi) is 6.19. The average Bonchev–Trinajstić information content (AvgIpc) is 3.11. The van der Waals surface area contributed by atoms with Crippen LogP contribution in [0.2, 0.25) is 0 Å². The van der Waals surface area contributed by atoms with Crippen LogP contribution in [-0.4, -0.2) is 34.9 Å². The number of methoxy groups -OCH3 is 1. The van der Waals surface area contributed by atoms with Crippen molar-refractivity contribution in [2.75, 3.05) is 24.8 Å². The van der Waals surface area contributed by atoms with Crippen molar-refractivity contribution < 1.29 is 18.3 Å². The molecule has 0 spiro atoms. The number of amides is 1. The monoisotopic (exact) mass is 411 g/mol. The number of rotatable bonds is 7. The number of carbonyl (C=O) groups is 1. The summed E-state index contributed by atoms with van der Waals surface area (Å²) in [7, 11) is 1.52. The number of hydrogen-bond donors (Lipinski definition) is 1. The van der Waals surface area contributed by atoms with E-state index < -0.39 is 17.5 Å². The molecular formula is C17H15F2N3O3S2. The molecule has 0 aliphatic rings. The molecule has 1 amide bonds. The maximum absolute atomic E-state index is 13.6. The van der Waals surface area contributed by atoms with Gasteiger partial charge >= 0.3 is 0 Å². The third kappa shape index (κ3) is 4.52. The zero-order chi connectivity index (χ0) is 19.4. The zero-order valence-electron chi connectivity index (χ0n) is 14.2. The molecule has 3 rings (SSSR count). The Bertz CT molecular complexity index is 1040. The van der Waals surface area contributed by atoms with Crippen molar-refractivity contribution in [3.05, 3.63) is 51.6 Å². The Labute approximate surface area is 161 Å². The average molecular weight is 411 g/mol. The van der Waals surface area contributed by atoms with Gasteiger partial charge in [0.1, 0.15) is 16.3 Å². The largest absolute Gasteiger partial charge is 0.383 e. The van der Waals surface area contributed by atoms with E-state index in [4.69, 9.17) is 4.74 Å². The number of fused-ring (bicyclic) bond motifs is 1. The number of benzene rings is 1. The summed E-state index contributed by atoms with van der Waals surface area (Å²) < 4.78 is 33.8. The Balaban J connectivity index is 1.78. The van der Waals surface area contributed by atoms with Crippen LogP contribution >= 0.6 is 23.1 Å². The van der Waals surface area contributed by atoms with Gasteiger partial charge in [-0.3, -0.25) is 14.2 Å². The third-order valence-electron chi connectivity index (χ3n) is 3.58. The van der Waals surface area contributed by atoms with Crippen LogP contribution in [0.4, 0.5) is 14.5 Å². The minimum atomic E-state index is -0.732. The number of nitrogens with zero attached hydrogens (tertiary/aromatic N) is 2. The van der Waals surface area contributed by atoms with E-state index in [2.05, 4.69) is 10.3 Å². The molecule has 6 nitrogen and oxygen atoms in total. The number of hydrogen-bond acceptors (Lipinski definition) is 6. The summed E-state index contributed by atoms with van der Waals surface area (Å²) >= 11 is 2.34. The van der Waals surface area contributed by atoms with Crippen molar-refractivity contribution in [3.8, 4) is 0 Å². The first kappa shape index (κ1) is 19.5. The lowest BCUT2D eigenvalue weighted by Gasteiger charge is -2.11. The van der Waals surface area contributed by atoms with E-state index in [1.54, 1.807) is 11.4 Å². The predicted octanol–water partition coefficient (Wildman–Crippen LogP) is 3.11. The van der Waals surface area contributed by atoms with E-state index in [9.17, 15) is 18.4 Å². The predicted molar refractivity (Wildman–Crippen MR) is 101 cm³/mol. The topological polar surface area (TPSA) is 73.2 Å². The standard InChI is InChI=1S/C17H15F2N3O3S2/c1-25-6-5-22-16(24)15-12(4-7-26-15)21-17(22)27-9-14(23)20-13-8-10(18)2-3-11(13)19/h2-4,7-8H,5-6,9H2,1H3,(H,20,23). The molecular weight excluding hydrogens is 396 g/mol. The van der Waals surface area contributed by atoms with Crippen molar-refractivity contribution in [2.45, 2.75) is 11.7 Å². The summed E-state index contributed by atoms with van der Waals surface area (Å²) in [6.45, 7) is 0.603. The van der Waals surface area contributed by atoms with Gasteiger partial charge < -0.3 is 10.1 Å². The van der Waals surface area contributed by atoms with Gasteiger partial charge in [0.05, 0.1) is 30.1 Å². The number of thiophene rings is 1. The summed E-state index contributed by atoms with van der Waals surface area (Å²) in [5, 5.41) is 4.45. The highest BCUT2D eigenvalue weighted by molar-refractivity contribution is 7.99. The normalized spacial score (nSPS) is 11.1. The van der Waals surface area contributed by atoms with Gasteiger partial charge in [-0.05, 0) is 23.6 Å². The van der Waals surface area contributed by atoms with Crippen LogP contribution in [0.15, 0.2) is 39.6 Å². The van der Waals surface area contributed by atoms with Crippen LogP contribution in [0.1, 0.15) is 0 Å². The Morgan fingerprint density at radius 1 is 1.37 bits per heavy atom. The number of carbonyl (C=O) groups excluding carboxylic acids is 1. The number of aromatic nitrogens is 2. The highest BCUT2D eigenvalue weighted by atomic mass is 32.2. The Morgan fingerprint density at radius 3 is 2.96 bits per heavy atom. The minimum absolute atomic E-state index is 0.120. The summed E-state index contributed by atoms with van der Waals surface area (Å²) in [4.78, 5) is 29.1. The van der Waals surface area contributed by atoms with E-state index in [0.29, 0.717) is 28.5 Å². The number of nitrogens with one attached hydrogen (secondary N) is 1. The van der Waals surface area contributed by atoms with Crippen LogP contribution in [0.25, 0.3) is 10.2 Å². The van der Waals surface area contributed by atoms with E-state index in [0.717, 1.165) is 30.0 Å². The van der Waals surface area contributed by atoms with Gasteiger partial charge in [-0.15, -0.1) is 11.3 Å². The van der Waals surface area contributed by atoms with Crippen LogP contribution in [0.3, 0.4) is 0 Å². The first-order chi connectivity index (χ1) is 13.0. The second-order valence-electron chi connectivity index (χ2n) is 5.44. The maximum Gasteiger partial charge on any atom is 0.272 e. The highest BCUT2D eigenvalue weighted by Crippen LogP contribution is 2.22. The van der Waals surface area contributed by atoms with Gasteiger partial charge in [-0.1, -0.05) is 11.8 Å². The molecule has 27 heavy (non-hydrogen) atoms. The molecule has 0 unspecified atom stereocenters. The quantitative estimate of drug-likeness (QED) is 0.478. The lowest BCUT2D eigenvalue weighted by Crippen LogP contribution is -2.25. The first-order valence-corrected chi connectivity index (χ1v) is 9.71. The molecule has 0 saturated carbocycles. The molecule has 1 N–H and O–H groups in total. The lowest BCUT2D eigenvalue weighted by atomic mass is 10.3. The molecule has 10 heteroatoms. The van der Waals surface area contributed by atoms with Crippen molar-refractivity contribution in [2.24, 2.45) is 0 Å². The van der Waals surface area contributed by atoms with Gasteiger partial charge in [0.15, 0.2) is 5.16 Å². The third-order valence-corrected chi connectivity index (χ3v) is 5.45. The van der Waals surface area contributed by atoms with Gasteiger partial charge in [0.25, 0.3) is 5.56 Å². The van der Waals surface area contributed by atoms with E-state index in [1.165, 1.54) is 23.0 Å². The van der Waals surface area contributed by atoms with Crippen LogP contribution in [0.5, 0.6) is 0 Å². The van der Waals surface area contributed by atoms with Crippen molar-refractivity contribution in [1.29, 1.82) is 0 Å². The van der Waals surface area contributed by atoms with E-state index in [-0.39, 0.29) is 17.0 Å². The van der Waals surface area contributed by atoms with Crippen molar-refractivity contribution in [1.82, 2.24) is 9.55 Å². The number of halogens is 2. The molecule has 0 aliphatic heterocycles. The molecule has 0 bridgehead atoms. The van der Waals surface area contributed by atoms with Crippen molar-refractivity contribution >= 4 is 44.9 Å². The molecule has 0 aliphatic carbocycles. The van der Waals surface area contributed by atoms with Crippen LogP contribution < -0.4 is 10.9 Å². The molecule has 1 aromatic carbocycles. The molecule has 0 radical (unpaired) electrons. The highest BCUT2D eigenvalue weighted by Gasteiger charge is 2.15.